The molecular formula is C17H26O5. The number of hydrogen-bond donors (Lipinski definition) is 2. The Labute approximate surface area is 131 Å². The van der Waals surface area contributed by atoms with Crippen molar-refractivity contribution in [3.8, 4) is 0 Å². The van der Waals surface area contributed by atoms with Gasteiger partial charge in [-0.25, -0.2) is 0 Å². The number of allylic oxidation sites excluding steroid dienone is 1. The fourth-order valence-corrected chi connectivity index (χ4v) is 2.92. The molecule has 0 aromatic rings. The van der Waals surface area contributed by atoms with E-state index in [-0.39, 0.29) is 36.2 Å². The minimum absolute atomic E-state index is 0.000954. The van der Waals surface area contributed by atoms with E-state index in [0.29, 0.717) is 19.3 Å². The fourth-order valence-electron chi connectivity index (χ4n) is 2.92. The van der Waals surface area contributed by atoms with Gasteiger partial charge in [-0.3, -0.25) is 14.4 Å². The number of hydrogen-bond acceptors (Lipinski definition) is 4. The van der Waals surface area contributed by atoms with Crippen LogP contribution in [-0.2, 0) is 14.4 Å². The average Bonchev–Trinajstić information content (AvgIpc) is 2.73. The summed E-state index contributed by atoms with van der Waals surface area (Å²) in [7, 11) is 0. The van der Waals surface area contributed by atoms with E-state index in [1.807, 2.05) is 0 Å². The Kier molecular flexibility index (Phi) is 8.02. The summed E-state index contributed by atoms with van der Waals surface area (Å²) >= 11 is 0. The zero-order chi connectivity index (χ0) is 16.5. The first-order valence-corrected chi connectivity index (χ1v) is 8.09. The van der Waals surface area contributed by atoms with E-state index in [1.54, 1.807) is 13.0 Å². The molecule has 0 saturated heterocycles. The van der Waals surface area contributed by atoms with Crippen molar-refractivity contribution in [2.24, 2.45) is 11.8 Å². The Hall–Kier alpha value is -1.49. The van der Waals surface area contributed by atoms with Crippen LogP contribution < -0.4 is 0 Å². The summed E-state index contributed by atoms with van der Waals surface area (Å²) in [5.74, 6) is -1.19. The lowest BCUT2D eigenvalue weighted by Gasteiger charge is -2.17. The maximum atomic E-state index is 12.0. The van der Waals surface area contributed by atoms with Crippen LogP contribution in [0, 0.1) is 11.8 Å². The summed E-state index contributed by atoms with van der Waals surface area (Å²) in [5, 5.41) is 18.5. The van der Waals surface area contributed by atoms with Gasteiger partial charge < -0.3 is 10.2 Å². The molecule has 0 amide bonds. The van der Waals surface area contributed by atoms with Crippen LogP contribution in [0.1, 0.15) is 58.3 Å². The molecular weight excluding hydrogens is 284 g/mol. The molecule has 1 saturated carbocycles. The van der Waals surface area contributed by atoms with Crippen molar-refractivity contribution in [3.05, 3.63) is 12.2 Å². The van der Waals surface area contributed by atoms with Crippen LogP contribution in [-0.4, -0.2) is 33.9 Å². The van der Waals surface area contributed by atoms with Crippen molar-refractivity contribution < 1.29 is 24.6 Å². The smallest absolute Gasteiger partial charge is 0.303 e. The molecule has 0 radical (unpaired) electrons. The summed E-state index contributed by atoms with van der Waals surface area (Å²) in [6.07, 6.45) is 7.17. The number of Topliss-reactive ketones (excluding diaryl/α,β-unsaturated/α-hetero) is 1. The highest BCUT2D eigenvalue weighted by molar-refractivity contribution is 5.90. The molecule has 0 aliphatic heterocycles. The first kappa shape index (κ1) is 18.6. The van der Waals surface area contributed by atoms with Crippen molar-refractivity contribution in [1.82, 2.24) is 0 Å². The quantitative estimate of drug-likeness (QED) is 0.478. The van der Waals surface area contributed by atoms with Gasteiger partial charge in [0, 0.05) is 31.1 Å². The molecule has 3 unspecified atom stereocenters. The highest BCUT2D eigenvalue weighted by atomic mass is 16.4. The topological polar surface area (TPSA) is 91.7 Å². The van der Waals surface area contributed by atoms with Gasteiger partial charge in [0.15, 0.2) is 5.78 Å². The number of ketones is 2. The van der Waals surface area contributed by atoms with Gasteiger partial charge in [-0.05, 0) is 18.9 Å². The van der Waals surface area contributed by atoms with Gasteiger partial charge in [-0.2, -0.15) is 0 Å². The molecule has 1 fully saturated rings. The van der Waals surface area contributed by atoms with Crippen molar-refractivity contribution in [1.29, 1.82) is 0 Å². The van der Waals surface area contributed by atoms with E-state index < -0.39 is 12.1 Å². The number of carbonyl (C=O) groups is 3. The van der Waals surface area contributed by atoms with E-state index in [9.17, 15) is 19.5 Å². The van der Waals surface area contributed by atoms with E-state index in [1.165, 1.54) is 6.08 Å². The number of aliphatic carboxylic acids is 1. The normalized spacial score (nSPS) is 25.0. The molecule has 0 aromatic carbocycles. The van der Waals surface area contributed by atoms with Crippen LogP contribution >= 0.6 is 0 Å². The van der Waals surface area contributed by atoms with Gasteiger partial charge in [-0.15, -0.1) is 0 Å². The van der Waals surface area contributed by atoms with Crippen molar-refractivity contribution in [3.63, 3.8) is 0 Å². The van der Waals surface area contributed by atoms with Gasteiger partial charge in [0.1, 0.15) is 5.78 Å². The third-order valence-corrected chi connectivity index (χ3v) is 4.24. The molecule has 0 aromatic heterocycles. The number of carboxylic acid groups (broad SMARTS) is 1. The molecule has 124 valence electrons. The van der Waals surface area contributed by atoms with Gasteiger partial charge >= 0.3 is 5.97 Å². The molecule has 2 N–H and O–H groups in total. The first-order chi connectivity index (χ1) is 10.5. The van der Waals surface area contributed by atoms with Crippen LogP contribution in [0.2, 0.25) is 0 Å². The molecule has 5 heteroatoms. The molecule has 0 bridgehead atoms. The Morgan fingerprint density at radius 3 is 2.55 bits per heavy atom. The predicted molar refractivity (Wildman–Crippen MR) is 82.4 cm³/mol. The molecule has 22 heavy (non-hydrogen) atoms. The monoisotopic (exact) mass is 310 g/mol. The van der Waals surface area contributed by atoms with E-state index in [0.717, 1.165) is 19.3 Å². The fraction of sp³-hybridized carbons (Fsp3) is 0.706. The van der Waals surface area contributed by atoms with Gasteiger partial charge in [-0.1, -0.05) is 32.3 Å². The Bertz CT molecular complexity index is 427. The highest BCUT2D eigenvalue weighted by Gasteiger charge is 2.39. The molecule has 5 nitrogen and oxygen atoms in total. The first-order valence-electron chi connectivity index (χ1n) is 8.09. The molecule has 1 rings (SSSR count). The Balaban J connectivity index is 2.41. The minimum atomic E-state index is -0.778. The van der Waals surface area contributed by atoms with E-state index in [4.69, 9.17) is 5.11 Å². The number of carboxylic acids is 1. The van der Waals surface area contributed by atoms with Crippen molar-refractivity contribution in [2.45, 2.75) is 64.4 Å². The second-order valence-electron chi connectivity index (χ2n) is 5.95. The van der Waals surface area contributed by atoms with E-state index >= 15 is 0 Å². The number of carbonyl (C=O) groups excluding carboxylic acids is 2. The lowest BCUT2D eigenvalue weighted by Crippen LogP contribution is -2.18. The standard InChI is InChI=1S/C17H26O5/c1-2-12(18)9-10-14-13(15(19)11-16(14)20)7-5-3-4-6-8-17(21)22/h9-10,13-14,16,20H,2-8,11H2,1H3,(H,21,22). The van der Waals surface area contributed by atoms with Crippen molar-refractivity contribution in [2.75, 3.05) is 0 Å². The maximum Gasteiger partial charge on any atom is 0.303 e. The number of aliphatic hydroxyl groups is 1. The molecule has 1 aliphatic rings. The summed E-state index contributed by atoms with van der Waals surface area (Å²) < 4.78 is 0. The minimum Gasteiger partial charge on any atom is -0.481 e. The van der Waals surface area contributed by atoms with Crippen molar-refractivity contribution >= 4 is 17.5 Å². The zero-order valence-corrected chi connectivity index (χ0v) is 13.2. The highest BCUT2D eigenvalue weighted by Crippen LogP contribution is 2.34. The maximum absolute atomic E-state index is 12.0. The SMILES string of the molecule is CCC(=O)C=CC1C(O)CC(=O)C1CCCCCCC(=O)O. The Morgan fingerprint density at radius 2 is 1.91 bits per heavy atom. The van der Waals surface area contributed by atoms with Crippen LogP contribution in [0.5, 0.6) is 0 Å². The lowest BCUT2D eigenvalue weighted by molar-refractivity contribution is -0.137. The molecule has 1 aliphatic carbocycles. The predicted octanol–water partition coefficient (Wildman–Crippen LogP) is 2.51. The van der Waals surface area contributed by atoms with Gasteiger partial charge in [0.05, 0.1) is 6.10 Å². The summed E-state index contributed by atoms with van der Waals surface area (Å²) in [4.78, 5) is 33.7. The van der Waals surface area contributed by atoms with Crippen LogP contribution in [0.3, 0.4) is 0 Å². The Morgan fingerprint density at radius 1 is 1.23 bits per heavy atom. The summed E-state index contributed by atoms with van der Waals surface area (Å²) in [6.45, 7) is 1.78. The number of aliphatic hydroxyl groups excluding tert-OH is 1. The third kappa shape index (κ3) is 6.10. The largest absolute Gasteiger partial charge is 0.481 e. The second-order valence-corrected chi connectivity index (χ2v) is 5.95. The zero-order valence-electron chi connectivity index (χ0n) is 13.2. The summed E-state index contributed by atoms with van der Waals surface area (Å²) in [5.41, 5.74) is 0. The number of rotatable bonds is 10. The molecule has 0 spiro atoms. The average molecular weight is 310 g/mol. The second kappa shape index (κ2) is 9.51. The summed E-state index contributed by atoms with van der Waals surface area (Å²) in [6, 6.07) is 0. The van der Waals surface area contributed by atoms with Crippen LogP contribution in [0.25, 0.3) is 0 Å². The lowest BCUT2D eigenvalue weighted by atomic mass is 9.88. The van der Waals surface area contributed by atoms with Gasteiger partial charge in [0.2, 0.25) is 0 Å². The van der Waals surface area contributed by atoms with E-state index in [2.05, 4.69) is 0 Å². The number of unbranched alkanes of at least 4 members (excludes halogenated alkanes) is 3. The molecule has 3 atom stereocenters. The van der Waals surface area contributed by atoms with Crippen LogP contribution in [0.4, 0.5) is 0 Å². The van der Waals surface area contributed by atoms with Crippen LogP contribution in [0.15, 0.2) is 12.2 Å². The van der Waals surface area contributed by atoms with Gasteiger partial charge in [0.25, 0.3) is 0 Å². The molecule has 0 heterocycles. The third-order valence-electron chi connectivity index (χ3n) is 4.24.